The van der Waals surface area contributed by atoms with Crippen LogP contribution in [0.25, 0.3) is 22.4 Å². The van der Waals surface area contributed by atoms with E-state index in [1.54, 1.807) is 11.8 Å². The molecule has 2 aromatic carbocycles. The summed E-state index contributed by atoms with van der Waals surface area (Å²) in [6, 6.07) is 16.0. The third-order valence-electron chi connectivity index (χ3n) is 4.16. The molecule has 0 saturated heterocycles. The topological polar surface area (TPSA) is 64.7 Å². The van der Waals surface area contributed by atoms with Crippen molar-refractivity contribution in [1.29, 1.82) is 0 Å². The van der Waals surface area contributed by atoms with Gasteiger partial charge >= 0.3 is 0 Å². The Bertz CT molecular complexity index is 1060. The highest BCUT2D eigenvalue weighted by molar-refractivity contribution is 7.97. The molecule has 5 nitrogen and oxygen atoms in total. The van der Waals surface area contributed by atoms with Crippen LogP contribution in [0.15, 0.2) is 53.1 Å². The van der Waals surface area contributed by atoms with Crippen LogP contribution in [0.5, 0.6) is 0 Å². The first-order valence-electron chi connectivity index (χ1n) is 8.39. The number of hydrogen-bond acceptors (Lipinski definition) is 6. The fourth-order valence-electron chi connectivity index (χ4n) is 2.74. The maximum Gasteiger partial charge on any atom is 0.236 e. The first-order valence-corrected chi connectivity index (χ1v) is 9.55. The fourth-order valence-corrected chi connectivity index (χ4v) is 3.60. The second-order valence-corrected chi connectivity index (χ2v) is 7.05. The smallest absolute Gasteiger partial charge is 0.236 e. The van der Waals surface area contributed by atoms with E-state index in [-0.39, 0.29) is 0 Å². The molecule has 0 fully saturated rings. The molecule has 26 heavy (non-hydrogen) atoms. The number of fused-ring (bicyclic) bond motifs is 1. The van der Waals surface area contributed by atoms with Crippen LogP contribution in [0.1, 0.15) is 22.8 Å². The molecule has 0 N–H and O–H groups in total. The van der Waals surface area contributed by atoms with Crippen molar-refractivity contribution in [3.63, 3.8) is 0 Å². The maximum absolute atomic E-state index is 5.39. The van der Waals surface area contributed by atoms with Crippen LogP contribution in [-0.4, -0.2) is 20.1 Å². The number of thioether (sulfide) groups is 1. The van der Waals surface area contributed by atoms with Gasteiger partial charge < -0.3 is 4.52 Å². The van der Waals surface area contributed by atoms with E-state index >= 15 is 0 Å². The summed E-state index contributed by atoms with van der Waals surface area (Å²) in [7, 11) is 0. The van der Waals surface area contributed by atoms with Crippen molar-refractivity contribution in [2.75, 3.05) is 0 Å². The van der Waals surface area contributed by atoms with Crippen molar-refractivity contribution < 1.29 is 4.52 Å². The van der Waals surface area contributed by atoms with Gasteiger partial charge in [0.05, 0.1) is 28.2 Å². The van der Waals surface area contributed by atoms with Gasteiger partial charge in [-0.15, -0.1) is 11.8 Å². The summed E-state index contributed by atoms with van der Waals surface area (Å²) in [5.41, 5.74) is 5.94. The van der Waals surface area contributed by atoms with Crippen molar-refractivity contribution >= 4 is 22.8 Å². The summed E-state index contributed by atoms with van der Waals surface area (Å²) in [4.78, 5) is 13.9. The largest absolute Gasteiger partial charge is 0.338 e. The average Bonchev–Trinajstić information content (AvgIpc) is 3.11. The van der Waals surface area contributed by atoms with Gasteiger partial charge in [-0.1, -0.05) is 41.6 Å². The third kappa shape index (κ3) is 3.46. The van der Waals surface area contributed by atoms with Crippen LogP contribution in [0.2, 0.25) is 0 Å². The molecule has 0 unspecified atom stereocenters. The molecule has 2 aromatic heterocycles. The van der Waals surface area contributed by atoms with Crippen LogP contribution in [0, 0.1) is 13.8 Å². The molecule has 0 radical (unpaired) electrons. The van der Waals surface area contributed by atoms with Crippen LogP contribution in [-0.2, 0) is 11.5 Å². The molecule has 0 saturated carbocycles. The van der Waals surface area contributed by atoms with Gasteiger partial charge in [-0.2, -0.15) is 4.98 Å². The summed E-state index contributed by atoms with van der Waals surface area (Å²) in [5.74, 6) is 2.67. The molecule has 130 valence electrons. The summed E-state index contributed by atoms with van der Waals surface area (Å²) >= 11 is 1.70. The SMILES string of the molecule is Cc1ccccc1-c1noc(CSCc2nc3ccccc3nc2C)n1. The lowest BCUT2D eigenvalue weighted by atomic mass is 10.1. The lowest BCUT2D eigenvalue weighted by molar-refractivity contribution is 0.391. The second kappa shape index (κ2) is 7.25. The van der Waals surface area contributed by atoms with Crippen molar-refractivity contribution in [2.24, 2.45) is 0 Å². The number of aryl methyl sites for hydroxylation is 2. The molecule has 0 amide bonds. The van der Waals surface area contributed by atoms with Gasteiger partial charge in [-0.3, -0.25) is 0 Å². The third-order valence-corrected chi connectivity index (χ3v) is 5.09. The molecule has 4 aromatic rings. The van der Waals surface area contributed by atoms with E-state index in [0.717, 1.165) is 39.3 Å². The number of rotatable bonds is 5. The van der Waals surface area contributed by atoms with Gasteiger partial charge in [0, 0.05) is 11.3 Å². The first-order chi connectivity index (χ1) is 12.7. The van der Waals surface area contributed by atoms with Crippen molar-refractivity contribution in [2.45, 2.75) is 25.4 Å². The normalized spacial score (nSPS) is 11.2. The molecule has 0 aliphatic rings. The second-order valence-electron chi connectivity index (χ2n) is 6.06. The highest BCUT2D eigenvalue weighted by atomic mass is 32.2. The molecule has 0 spiro atoms. The zero-order valence-electron chi connectivity index (χ0n) is 14.6. The zero-order chi connectivity index (χ0) is 17.9. The molecule has 0 bridgehead atoms. The highest BCUT2D eigenvalue weighted by Gasteiger charge is 2.11. The van der Waals surface area contributed by atoms with E-state index in [2.05, 4.69) is 15.1 Å². The van der Waals surface area contributed by atoms with Crippen LogP contribution >= 0.6 is 11.8 Å². The van der Waals surface area contributed by atoms with E-state index in [9.17, 15) is 0 Å². The summed E-state index contributed by atoms with van der Waals surface area (Å²) in [6.07, 6.45) is 0. The van der Waals surface area contributed by atoms with E-state index in [1.807, 2.05) is 62.4 Å². The maximum atomic E-state index is 5.39. The highest BCUT2D eigenvalue weighted by Crippen LogP contribution is 2.23. The summed E-state index contributed by atoms with van der Waals surface area (Å²) in [6.45, 7) is 4.04. The van der Waals surface area contributed by atoms with Crippen molar-refractivity contribution in [3.05, 3.63) is 71.4 Å². The minimum atomic E-state index is 0.625. The van der Waals surface area contributed by atoms with E-state index in [4.69, 9.17) is 9.51 Å². The van der Waals surface area contributed by atoms with E-state index in [1.165, 1.54) is 0 Å². The van der Waals surface area contributed by atoms with Crippen molar-refractivity contribution in [1.82, 2.24) is 20.1 Å². The van der Waals surface area contributed by atoms with Gasteiger partial charge in [-0.25, -0.2) is 9.97 Å². The quantitative estimate of drug-likeness (QED) is 0.511. The predicted molar refractivity (Wildman–Crippen MR) is 104 cm³/mol. The molecular formula is C20H18N4OS. The van der Waals surface area contributed by atoms with Gasteiger partial charge in [0.15, 0.2) is 0 Å². The van der Waals surface area contributed by atoms with Crippen LogP contribution in [0.3, 0.4) is 0 Å². The minimum Gasteiger partial charge on any atom is -0.338 e. The molecule has 2 heterocycles. The van der Waals surface area contributed by atoms with Gasteiger partial charge in [0.25, 0.3) is 0 Å². The number of nitrogens with zero attached hydrogens (tertiary/aromatic N) is 4. The Morgan fingerprint density at radius 2 is 1.58 bits per heavy atom. The average molecular weight is 362 g/mol. The summed E-state index contributed by atoms with van der Waals surface area (Å²) in [5, 5.41) is 4.10. The predicted octanol–water partition coefficient (Wildman–Crippen LogP) is 4.73. The van der Waals surface area contributed by atoms with E-state index < -0.39 is 0 Å². The molecule has 0 atom stereocenters. The molecule has 6 heteroatoms. The molecular weight excluding hydrogens is 344 g/mol. The lowest BCUT2D eigenvalue weighted by Crippen LogP contribution is -1.97. The minimum absolute atomic E-state index is 0.625. The molecule has 0 aliphatic carbocycles. The van der Waals surface area contributed by atoms with E-state index in [0.29, 0.717) is 17.5 Å². The van der Waals surface area contributed by atoms with Gasteiger partial charge in [-0.05, 0) is 31.5 Å². The van der Waals surface area contributed by atoms with Gasteiger partial charge in [0.1, 0.15) is 0 Å². The Hall–Kier alpha value is -2.73. The monoisotopic (exact) mass is 362 g/mol. The zero-order valence-corrected chi connectivity index (χ0v) is 15.5. The molecule has 4 rings (SSSR count). The van der Waals surface area contributed by atoms with Crippen LogP contribution < -0.4 is 0 Å². The standard InChI is InChI=1S/C20H18N4OS/c1-13-7-3-4-8-15(13)20-23-19(25-24-20)12-26-11-18-14(2)21-16-9-5-6-10-17(16)22-18/h3-10H,11-12H2,1-2H3. The number of benzene rings is 2. The Morgan fingerprint density at radius 3 is 2.38 bits per heavy atom. The number of para-hydroxylation sites is 2. The Kier molecular flexibility index (Phi) is 4.67. The Morgan fingerprint density at radius 1 is 0.846 bits per heavy atom. The first kappa shape index (κ1) is 16.7. The fraction of sp³-hybridized carbons (Fsp3) is 0.200. The van der Waals surface area contributed by atoms with Crippen molar-refractivity contribution in [3.8, 4) is 11.4 Å². The van der Waals surface area contributed by atoms with Crippen LogP contribution in [0.4, 0.5) is 0 Å². The number of hydrogen-bond donors (Lipinski definition) is 0. The summed E-state index contributed by atoms with van der Waals surface area (Å²) < 4.78 is 5.39. The Balaban J connectivity index is 1.44. The van der Waals surface area contributed by atoms with Gasteiger partial charge in [0.2, 0.25) is 11.7 Å². The molecule has 0 aliphatic heterocycles. The lowest BCUT2D eigenvalue weighted by Gasteiger charge is -2.05. The number of aromatic nitrogens is 4. The Labute approximate surface area is 155 Å².